The molecule has 0 unspecified atom stereocenters. The van der Waals surface area contributed by atoms with Crippen LogP contribution in [0.1, 0.15) is 12.5 Å². The van der Waals surface area contributed by atoms with Crippen molar-refractivity contribution in [2.45, 2.75) is 13.5 Å². The van der Waals surface area contributed by atoms with E-state index in [0.717, 1.165) is 5.56 Å². The molecule has 0 aliphatic carbocycles. The molecule has 0 atom stereocenters. The van der Waals surface area contributed by atoms with Crippen molar-refractivity contribution < 1.29 is 9.84 Å². The number of benzene rings is 1. The third-order valence-corrected chi connectivity index (χ3v) is 2.15. The Morgan fingerprint density at radius 3 is 2.94 bits per heavy atom. The summed E-state index contributed by atoms with van der Waals surface area (Å²) in [4.78, 5) is 0. The minimum atomic E-state index is 0.178. The van der Waals surface area contributed by atoms with Crippen LogP contribution in [-0.4, -0.2) is 18.3 Å². The molecule has 88 valence electrons. The minimum Gasteiger partial charge on any atom is -0.504 e. The maximum absolute atomic E-state index is 9.86. The van der Waals surface area contributed by atoms with Crippen LogP contribution in [0.5, 0.6) is 11.5 Å². The number of para-hydroxylation sites is 1. The van der Waals surface area contributed by atoms with E-state index in [1.54, 1.807) is 6.07 Å². The second-order valence-electron chi connectivity index (χ2n) is 3.32. The first-order valence-electron chi connectivity index (χ1n) is 5.12. The van der Waals surface area contributed by atoms with Crippen molar-refractivity contribution in [3.8, 4) is 11.5 Å². The Labute approximate surface area is 101 Å². The number of halogens is 1. The lowest BCUT2D eigenvalue weighted by Gasteiger charge is -2.10. The maximum Gasteiger partial charge on any atom is 0.162 e. The Hall–Kier alpha value is -1.19. The molecule has 16 heavy (non-hydrogen) atoms. The first-order chi connectivity index (χ1) is 7.65. The van der Waals surface area contributed by atoms with E-state index in [1.165, 1.54) is 0 Å². The van der Waals surface area contributed by atoms with Gasteiger partial charge in [0.25, 0.3) is 0 Å². The molecule has 1 aromatic rings. The summed E-state index contributed by atoms with van der Waals surface area (Å²) in [7, 11) is 0. The standard InChI is InChI=1S/C12H16ClNO2/c1-3-16-11-6-4-5-10(12(11)15)8-14-7-9(2)13/h4-6,14-15H,2-3,7-8H2,1H3. The largest absolute Gasteiger partial charge is 0.504 e. The highest BCUT2D eigenvalue weighted by atomic mass is 35.5. The SMILES string of the molecule is C=C(Cl)CNCc1cccc(OCC)c1O. The van der Waals surface area contributed by atoms with Crippen LogP contribution in [0, 0.1) is 0 Å². The fraction of sp³-hybridized carbons (Fsp3) is 0.333. The number of rotatable bonds is 6. The van der Waals surface area contributed by atoms with Gasteiger partial charge in [-0.25, -0.2) is 0 Å². The molecule has 0 amide bonds. The summed E-state index contributed by atoms with van der Waals surface area (Å²) in [6.07, 6.45) is 0. The van der Waals surface area contributed by atoms with Crippen LogP contribution in [-0.2, 0) is 6.54 Å². The summed E-state index contributed by atoms with van der Waals surface area (Å²) in [6.45, 7) is 7.02. The highest BCUT2D eigenvalue weighted by Crippen LogP contribution is 2.29. The molecule has 0 saturated carbocycles. The maximum atomic E-state index is 9.86. The number of ether oxygens (including phenoxy) is 1. The van der Waals surface area contributed by atoms with Gasteiger partial charge in [0.15, 0.2) is 11.5 Å². The van der Waals surface area contributed by atoms with Gasteiger partial charge in [0.2, 0.25) is 0 Å². The average molecular weight is 242 g/mol. The van der Waals surface area contributed by atoms with Crippen LogP contribution in [0.25, 0.3) is 0 Å². The van der Waals surface area contributed by atoms with Crippen molar-refractivity contribution in [1.82, 2.24) is 5.32 Å². The zero-order valence-corrected chi connectivity index (χ0v) is 10.0. The molecule has 1 rings (SSSR count). The second-order valence-corrected chi connectivity index (χ2v) is 3.85. The van der Waals surface area contributed by atoms with Gasteiger partial charge >= 0.3 is 0 Å². The number of hydrogen-bond donors (Lipinski definition) is 2. The Bertz CT molecular complexity index is 366. The summed E-state index contributed by atoms with van der Waals surface area (Å²) in [6, 6.07) is 5.42. The highest BCUT2D eigenvalue weighted by Gasteiger charge is 2.06. The minimum absolute atomic E-state index is 0.178. The number of hydrogen-bond acceptors (Lipinski definition) is 3. The Morgan fingerprint density at radius 1 is 1.56 bits per heavy atom. The summed E-state index contributed by atoms with van der Waals surface area (Å²) >= 11 is 5.62. The van der Waals surface area contributed by atoms with E-state index in [4.69, 9.17) is 16.3 Å². The van der Waals surface area contributed by atoms with E-state index in [1.807, 2.05) is 19.1 Å². The Morgan fingerprint density at radius 2 is 2.31 bits per heavy atom. The van der Waals surface area contributed by atoms with E-state index in [9.17, 15) is 5.11 Å². The van der Waals surface area contributed by atoms with Crippen molar-refractivity contribution in [2.75, 3.05) is 13.2 Å². The molecule has 1 aromatic carbocycles. The molecule has 3 nitrogen and oxygen atoms in total. The summed E-state index contributed by atoms with van der Waals surface area (Å²) in [5.74, 6) is 0.684. The van der Waals surface area contributed by atoms with Gasteiger partial charge in [0, 0.05) is 23.7 Å². The molecule has 0 heterocycles. The Balaban J connectivity index is 2.65. The second kappa shape index (κ2) is 6.40. The number of aromatic hydroxyl groups is 1. The zero-order chi connectivity index (χ0) is 12.0. The summed E-state index contributed by atoms with van der Waals surface area (Å²) < 4.78 is 5.28. The quantitative estimate of drug-likeness (QED) is 0.805. The molecule has 0 fully saturated rings. The van der Waals surface area contributed by atoms with Gasteiger partial charge in [0.05, 0.1) is 6.61 Å². The van der Waals surface area contributed by atoms with Gasteiger partial charge in [-0.1, -0.05) is 30.3 Å². The van der Waals surface area contributed by atoms with Crippen LogP contribution >= 0.6 is 11.6 Å². The summed E-state index contributed by atoms with van der Waals surface area (Å²) in [5, 5.41) is 13.5. The van der Waals surface area contributed by atoms with E-state index in [0.29, 0.717) is 30.5 Å². The topological polar surface area (TPSA) is 41.5 Å². The van der Waals surface area contributed by atoms with E-state index < -0.39 is 0 Å². The molecule has 0 radical (unpaired) electrons. The molecule has 0 bridgehead atoms. The fourth-order valence-corrected chi connectivity index (χ4v) is 1.41. The molecule has 0 aliphatic heterocycles. The van der Waals surface area contributed by atoms with Crippen molar-refractivity contribution in [1.29, 1.82) is 0 Å². The van der Waals surface area contributed by atoms with Gasteiger partial charge in [0.1, 0.15) is 0 Å². The Kier molecular flexibility index (Phi) is 5.15. The lowest BCUT2D eigenvalue weighted by atomic mass is 10.2. The zero-order valence-electron chi connectivity index (χ0n) is 9.29. The molecule has 2 N–H and O–H groups in total. The summed E-state index contributed by atoms with van der Waals surface area (Å²) in [5.41, 5.74) is 0.781. The molecule has 0 aromatic heterocycles. The molecule has 0 spiro atoms. The van der Waals surface area contributed by atoms with Crippen LogP contribution in [0.15, 0.2) is 29.8 Å². The van der Waals surface area contributed by atoms with Crippen LogP contribution in [0.4, 0.5) is 0 Å². The third kappa shape index (κ3) is 3.76. The van der Waals surface area contributed by atoms with Crippen molar-refractivity contribution in [3.63, 3.8) is 0 Å². The monoisotopic (exact) mass is 241 g/mol. The van der Waals surface area contributed by atoms with E-state index >= 15 is 0 Å². The van der Waals surface area contributed by atoms with E-state index in [2.05, 4.69) is 11.9 Å². The van der Waals surface area contributed by atoms with E-state index in [-0.39, 0.29) is 5.75 Å². The number of phenolic OH excluding ortho intramolecular Hbond substituents is 1. The van der Waals surface area contributed by atoms with Crippen molar-refractivity contribution in [2.24, 2.45) is 0 Å². The molecule has 0 saturated heterocycles. The normalized spacial score (nSPS) is 10.1. The van der Waals surface area contributed by atoms with Gasteiger partial charge in [-0.3, -0.25) is 0 Å². The molecule has 0 aliphatic rings. The molecular weight excluding hydrogens is 226 g/mol. The lowest BCUT2D eigenvalue weighted by molar-refractivity contribution is 0.316. The lowest BCUT2D eigenvalue weighted by Crippen LogP contribution is -2.14. The van der Waals surface area contributed by atoms with Crippen LogP contribution in [0.3, 0.4) is 0 Å². The first kappa shape index (κ1) is 12.9. The predicted molar refractivity (Wildman–Crippen MR) is 66.0 cm³/mol. The van der Waals surface area contributed by atoms with Crippen molar-refractivity contribution >= 4 is 11.6 Å². The molecule has 4 heteroatoms. The van der Waals surface area contributed by atoms with Gasteiger partial charge < -0.3 is 15.2 Å². The number of nitrogens with one attached hydrogen (secondary N) is 1. The number of phenols is 1. The van der Waals surface area contributed by atoms with Gasteiger partial charge in [-0.15, -0.1) is 0 Å². The van der Waals surface area contributed by atoms with Crippen molar-refractivity contribution in [3.05, 3.63) is 35.4 Å². The van der Waals surface area contributed by atoms with Gasteiger partial charge in [-0.2, -0.15) is 0 Å². The van der Waals surface area contributed by atoms with Crippen LogP contribution < -0.4 is 10.1 Å². The molecular formula is C12H16ClNO2. The van der Waals surface area contributed by atoms with Crippen LogP contribution in [0.2, 0.25) is 0 Å². The highest BCUT2D eigenvalue weighted by molar-refractivity contribution is 6.29. The third-order valence-electron chi connectivity index (χ3n) is 2.01. The predicted octanol–water partition coefficient (Wildman–Crippen LogP) is 2.63. The average Bonchev–Trinajstić information content (AvgIpc) is 2.23. The smallest absolute Gasteiger partial charge is 0.162 e. The fourth-order valence-electron chi connectivity index (χ4n) is 1.32. The first-order valence-corrected chi connectivity index (χ1v) is 5.50. The van der Waals surface area contributed by atoms with Gasteiger partial charge in [-0.05, 0) is 13.0 Å².